The molecule has 0 unspecified atom stereocenters. The Bertz CT molecular complexity index is 839. The lowest BCUT2D eigenvalue weighted by molar-refractivity contribution is 0.288. The van der Waals surface area contributed by atoms with Crippen LogP contribution in [0, 0.1) is 11.3 Å². The summed E-state index contributed by atoms with van der Waals surface area (Å²) in [6.45, 7) is 4.97. The number of hydrogen-bond donors (Lipinski definition) is 1. The molecule has 0 spiro atoms. The number of nitrogens with zero attached hydrogens (tertiary/aromatic N) is 3. The van der Waals surface area contributed by atoms with Gasteiger partial charge in [0.1, 0.15) is 6.07 Å². The summed E-state index contributed by atoms with van der Waals surface area (Å²) in [5.74, 6) is 2.19. The Labute approximate surface area is 179 Å². The number of nitrogens with one attached hydrogen (secondary N) is 1. The third-order valence-electron chi connectivity index (χ3n) is 4.59. The molecule has 1 heterocycles. The van der Waals surface area contributed by atoms with Crippen LogP contribution in [0.15, 0.2) is 27.7 Å². The van der Waals surface area contributed by atoms with Gasteiger partial charge in [0.25, 0.3) is 5.88 Å². The lowest BCUT2D eigenvalue weighted by Crippen LogP contribution is -1.99. The lowest BCUT2D eigenvalue weighted by atomic mass is 10.1. The molecule has 0 saturated carbocycles. The molecule has 0 aliphatic rings. The number of unbranched alkanes of at least 4 members (excludes halogenated alkanes) is 5. The largest absolute Gasteiger partial charge is 0.493 e. The van der Waals surface area contributed by atoms with E-state index in [9.17, 15) is 5.26 Å². The first-order valence-electron chi connectivity index (χ1n) is 10.7. The molecular weight excluding hydrogens is 380 g/mol. The Balaban J connectivity index is 1.95. The number of hydrazone groups is 1. The van der Waals surface area contributed by atoms with Crippen LogP contribution in [0.2, 0.25) is 0 Å². The molecule has 7 heteroatoms. The summed E-state index contributed by atoms with van der Waals surface area (Å²) >= 11 is 0. The first kappa shape index (κ1) is 23.3. The second-order valence-electron chi connectivity index (χ2n) is 7.04. The topological polar surface area (TPSA) is 92.7 Å². The second kappa shape index (κ2) is 13.3. The molecule has 7 nitrogen and oxygen atoms in total. The standard InChI is InChI=1S/C23H32N4O3/c1-4-6-8-9-10-11-22-26-19(16-24)23(30-22)27-25-17-18-12-13-20(21(15-18)28-3)29-14-7-5-2/h12-13,15,17,27H,4-11,14H2,1-3H3/b25-17+. The maximum absolute atomic E-state index is 9.28. The number of aromatic nitrogens is 1. The molecule has 0 saturated heterocycles. The minimum absolute atomic E-state index is 0.216. The van der Waals surface area contributed by atoms with Gasteiger partial charge in [-0.05, 0) is 36.6 Å². The van der Waals surface area contributed by atoms with Crippen molar-refractivity contribution in [2.24, 2.45) is 5.10 Å². The third-order valence-corrected chi connectivity index (χ3v) is 4.59. The molecule has 0 radical (unpaired) electrons. The van der Waals surface area contributed by atoms with Gasteiger partial charge in [-0.25, -0.2) is 10.4 Å². The summed E-state index contributed by atoms with van der Waals surface area (Å²) in [6, 6.07) is 7.65. The number of benzene rings is 1. The van der Waals surface area contributed by atoms with Crippen LogP contribution in [0.25, 0.3) is 0 Å². The van der Waals surface area contributed by atoms with Gasteiger partial charge >= 0.3 is 0 Å². The molecule has 2 rings (SSSR count). The number of methoxy groups -OCH3 is 1. The van der Waals surface area contributed by atoms with Crippen molar-refractivity contribution in [2.75, 3.05) is 19.1 Å². The highest BCUT2D eigenvalue weighted by molar-refractivity contribution is 5.81. The maximum atomic E-state index is 9.28. The molecule has 2 aromatic rings. The van der Waals surface area contributed by atoms with Gasteiger partial charge in [0.15, 0.2) is 17.4 Å². The highest BCUT2D eigenvalue weighted by Gasteiger charge is 2.12. The highest BCUT2D eigenvalue weighted by Crippen LogP contribution is 2.28. The average molecular weight is 413 g/mol. The van der Waals surface area contributed by atoms with Crippen molar-refractivity contribution in [1.29, 1.82) is 5.26 Å². The van der Waals surface area contributed by atoms with E-state index in [2.05, 4.69) is 29.4 Å². The minimum Gasteiger partial charge on any atom is -0.493 e. The number of aryl methyl sites for hydroxylation is 1. The molecule has 0 bridgehead atoms. The number of hydrogen-bond acceptors (Lipinski definition) is 7. The minimum atomic E-state index is 0.216. The van der Waals surface area contributed by atoms with Crippen LogP contribution in [0.4, 0.5) is 5.88 Å². The van der Waals surface area contributed by atoms with Crippen molar-refractivity contribution in [3.63, 3.8) is 0 Å². The summed E-state index contributed by atoms with van der Waals surface area (Å²) in [6.07, 6.45) is 10.2. The summed E-state index contributed by atoms with van der Waals surface area (Å²) in [4.78, 5) is 4.25. The monoisotopic (exact) mass is 412 g/mol. The van der Waals surface area contributed by atoms with E-state index in [4.69, 9.17) is 13.9 Å². The summed E-state index contributed by atoms with van der Waals surface area (Å²) in [5, 5.41) is 13.5. The van der Waals surface area contributed by atoms with Gasteiger partial charge in [0.2, 0.25) is 5.69 Å². The first-order chi connectivity index (χ1) is 14.7. The molecule has 0 amide bonds. The molecule has 0 atom stereocenters. The average Bonchev–Trinajstić information content (AvgIpc) is 3.16. The number of nitriles is 1. The zero-order valence-electron chi connectivity index (χ0n) is 18.2. The smallest absolute Gasteiger partial charge is 0.252 e. The van der Waals surface area contributed by atoms with Gasteiger partial charge in [-0.15, -0.1) is 0 Å². The van der Waals surface area contributed by atoms with E-state index in [-0.39, 0.29) is 11.6 Å². The Kier molecular flexibility index (Phi) is 10.3. The van der Waals surface area contributed by atoms with Crippen LogP contribution >= 0.6 is 0 Å². The lowest BCUT2D eigenvalue weighted by Gasteiger charge is -2.10. The summed E-state index contributed by atoms with van der Waals surface area (Å²) < 4.78 is 16.8. The van der Waals surface area contributed by atoms with E-state index in [1.165, 1.54) is 19.3 Å². The molecular formula is C23H32N4O3. The Morgan fingerprint density at radius 3 is 2.67 bits per heavy atom. The van der Waals surface area contributed by atoms with Crippen molar-refractivity contribution in [3.8, 4) is 17.6 Å². The molecule has 0 aliphatic heterocycles. The summed E-state index contributed by atoms with van der Waals surface area (Å²) in [7, 11) is 1.61. The van der Waals surface area contributed by atoms with Crippen molar-refractivity contribution < 1.29 is 13.9 Å². The van der Waals surface area contributed by atoms with Gasteiger partial charge in [0.05, 0.1) is 19.9 Å². The Morgan fingerprint density at radius 1 is 1.13 bits per heavy atom. The van der Waals surface area contributed by atoms with Crippen molar-refractivity contribution in [2.45, 2.75) is 65.2 Å². The highest BCUT2D eigenvalue weighted by atomic mass is 16.5. The van der Waals surface area contributed by atoms with Crippen LogP contribution in [0.3, 0.4) is 0 Å². The van der Waals surface area contributed by atoms with Crippen molar-refractivity contribution in [1.82, 2.24) is 4.98 Å². The molecule has 1 aromatic carbocycles. The number of ether oxygens (including phenoxy) is 2. The third kappa shape index (κ3) is 7.43. The van der Waals surface area contributed by atoms with Gasteiger partial charge in [0, 0.05) is 6.42 Å². The SMILES string of the molecule is CCCCCCCc1nc(C#N)c(N/N=C/c2ccc(OCCCC)c(OC)c2)o1. The Morgan fingerprint density at radius 2 is 1.93 bits per heavy atom. The van der Waals surface area contributed by atoms with Gasteiger partial charge in [-0.1, -0.05) is 46.0 Å². The van der Waals surface area contributed by atoms with E-state index >= 15 is 0 Å². The second-order valence-corrected chi connectivity index (χ2v) is 7.04. The van der Waals surface area contributed by atoms with E-state index < -0.39 is 0 Å². The Hall–Kier alpha value is -3.01. The number of oxazole rings is 1. The molecule has 1 aromatic heterocycles. The van der Waals surface area contributed by atoms with Crippen molar-refractivity contribution in [3.05, 3.63) is 35.3 Å². The van der Waals surface area contributed by atoms with Crippen LogP contribution < -0.4 is 14.9 Å². The first-order valence-corrected chi connectivity index (χ1v) is 10.7. The normalized spacial score (nSPS) is 10.9. The zero-order chi connectivity index (χ0) is 21.6. The van der Waals surface area contributed by atoms with E-state index in [0.717, 1.165) is 37.7 Å². The fourth-order valence-corrected chi connectivity index (χ4v) is 2.88. The van der Waals surface area contributed by atoms with Gasteiger partial charge < -0.3 is 13.9 Å². The fraction of sp³-hybridized carbons (Fsp3) is 0.522. The molecule has 1 N–H and O–H groups in total. The fourth-order valence-electron chi connectivity index (χ4n) is 2.88. The number of rotatable bonds is 14. The predicted molar refractivity (Wildman–Crippen MR) is 118 cm³/mol. The predicted octanol–water partition coefficient (Wildman–Crippen LogP) is 5.69. The van der Waals surface area contributed by atoms with E-state index in [1.807, 2.05) is 24.3 Å². The van der Waals surface area contributed by atoms with E-state index in [1.54, 1.807) is 13.3 Å². The zero-order valence-corrected chi connectivity index (χ0v) is 18.2. The number of anilines is 1. The molecule has 30 heavy (non-hydrogen) atoms. The van der Waals surface area contributed by atoms with Gasteiger partial charge in [-0.3, -0.25) is 0 Å². The quantitative estimate of drug-likeness (QED) is 0.243. The molecule has 0 fully saturated rings. The van der Waals surface area contributed by atoms with Crippen LogP contribution in [-0.4, -0.2) is 24.9 Å². The van der Waals surface area contributed by atoms with E-state index in [0.29, 0.717) is 24.0 Å². The van der Waals surface area contributed by atoms with Crippen LogP contribution in [0.1, 0.15) is 75.9 Å². The van der Waals surface area contributed by atoms with Crippen molar-refractivity contribution >= 4 is 12.1 Å². The molecule has 0 aliphatic carbocycles. The summed E-state index contributed by atoms with van der Waals surface area (Å²) in [5.41, 5.74) is 3.83. The maximum Gasteiger partial charge on any atom is 0.252 e. The van der Waals surface area contributed by atoms with Crippen LogP contribution in [-0.2, 0) is 6.42 Å². The molecule has 162 valence electrons. The van der Waals surface area contributed by atoms with Gasteiger partial charge in [-0.2, -0.15) is 10.4 Å². The van der Waals surface area contributed by atoms with Crippen LogP contribution in [0.5, 0.6) is 11.5 Å².